The number of likely N-dealkylation sites (tertiary alicyclic amines) is 1. The maximum absolute atomic E-state index is 14.4. The number of rotatable bonds is 10. The summed E-state index contributed by atoms with van der Waals surface area (Å²) in [5.41, 5.74) is 11.0. The van der Waals surface area contributed by atoms with E-state index in [9.17, 15) is 24.6 Å². The number of nitrogens with two attached hydrogens (primary N) is 1. The van der Waals surface area contributed by atoms with Crippen LogP contribution in [0.2, 0.25) is 0 Å². The number of benzene rings is 2. The molecule has 2 aliphatic rings. The minimum absolute atomic E-state index is 0.0133. The first-order chi connectivity index (χ1) is 26.4. The Balaban J connectivity index is 1.10. The second-order valence-electron chi connectivity index (χ2n) is 16.3. The number of nitrogens with zero attached hydrogens (tertiary/aromatic N) is 6. The molecule has 0 bridgehead atoms. The number of aliphatic hydroxyl groups is 1. The summed E-state index contributed by atoms with van der Waals surface area (Å²) in [5.74, 6) is -0.735. The molecule has 4 atom stereocenters. The molecular formula is C41H53N9O5S. The molecule has 2 saturated heterocycles. The number of aromatic nitrogens is 3. The number of carbonyl (C=O) groups excluding carboxylic acids is 3. The SMILES string of the molecule is Cc1ncsc1-c1ccc([C@H](C)NC(=O)[C@@H]2C[C@@H](O)CN2C(=O)[C@@H](NC(=O)C(C)(C)N2CCN(c3cc(-c4ccccc4O)nnc3N)CC2)C(C)(C)C)cc1. The van der Waals surface area contributed by atoms with Crippen LogP contribution in [0.25, 0.3) is 21.7 Å². The lowest BCUT2D eigenvalue weighted by molar-refractivity contribution is -0.146. The van der Waals surface area contributed by atoms with Crippen molar-refractivity contribution < 1.29 is 24.6 Å². The third-order valence-electron chi connectivity index (χ3n) is 11.0. The van der Waals surface area contributed by atoms with Crippen molar-refractivity contribution >= 4 is 40.6 Å². The van der Waals surface area contributed by atoms with E-state index in [4.69, 9.17) is 5.73 Å². The molecule has 298 valence electrons. The average molecular weight is 784 g/mol. The summed E-state index contributed by atoms with van der Waals surface area (Å²) in [6, 6.07) is 14.5. The normalized spacial score (nSPS) is 19.1. The van der Waals surface area contributed by atoms with E-state index < -0.39 is 35.0 Å². The summed E-state index contributed by atoms with van der Waals surface area (Å²) < 4.78 is 0. The smallest absolute Gasteiger partial charge is 0.246 e. The Labute approximate surface area is 332 Å². The Bertz CT molecular complexity index is 2060. The highest BCUT2D eigenvalue weighted by Gasteiger charge is 2.47. The van der Waals surface area contributed by atoms with Gasteiger partial charge in [-0.15, -0.1) is 21.5 Å². The Morgan fingerprint density at radius 2 is 1.64 bits per heavy atom. The van der Waals surface area contributed by atoms with Gasteiger partial charge in [0, 0.05) is 44.7 Å². The van der Waals surface area contributed by atoms with Crippen LogP contribution in [0, 0.1) is 12.3 Å². The van der Waals surface area contributed by atoms with E-state index >= 15 is 0 Å². The van der Waals surface area contributed by atoms with Crippen molar-refractivity contribution in [1.82, 2.24) is 35.6 Å². The molecule has 0 radical (unpaired) electrons. The lowest BCUT2D eigenvalue weighted by Crippen LogP contribution is -2.65. The van der Waals surface area contributed by atoms with Crippen molar-refractivity contribution in [3.63, 3.8) is 0 Å². The lowest BCUT2D eigenvalue weighted by Gasteiger charge is -2.45. The highest BCUT2D eigenvalue weighted by Crippen LogP contribution is 2.33. The number of hydrogen-bond donors (Lipinski definition) is 5. The van der Waals surface area contributed by atoms with Crippen LogP contribution in [0.1, 0.15) is 65.3 Å². The third kappa shape index (κ3) is 8.49. The van der Waals surface area contributed by atoms with E-state index in [2.05, 4.69) is 35.6 Å². The summed E-state index contributed by atoms with van der Waals surface area (Å²) in [5, 5.41) is 35.5. The van der Waals surface area contributed by atoms with E-state index in [1.807, 2.05) is 90.4 Å². The number of anilines is 2. The number of nitrogen functional groups attached to an aromatic ring is 1. The van der Waals surface area contributed by atoms with Gasteiger partial charge in [-0.3, -0.25) is 19.3 Å². The summed E-state index contributed by atoms with van der Waals surface area (Å²) >= 11 is 1.58. The van der Waals surface area contributed by atoms with Crippen LogP contribution in [0.3, 0.4) is 0 Å². The first-order valence-electron chi connectivity index (χ1n) is 19.0. The van der Waals surface area contributed by atoms with Gasteiger partial charge >= 0.3 is 0 Å². The zero-order chi connectivity index (χ0) is 40.5. The molecule has 2 aromatic heterocycles. The molecule has 0 spiro atoms. The highest BCUT2D eigenvalue weighted by molar-refractivity contribution is 7.13. The number of hydrogen-bond acceptors (Lipinski definition) is 12. The van der Waals surface area contributed by atoms with E-state index in [1.54, 1.807) is 29.5 Å². The molecule has 4 heterocycles. The van der Waals surface area contributed by atoms with Crippen LogP contribution in [-0.2, 0) is 14.4 Å². The molecule has 2 fully saturated rings. The molecule has 0 unspecified atom stereocenters. The van der Waals surface area contributed by atoms with Gasteiger partial charge in [-0.25, -0.2) is 4.98 Å². The predicted octanol–water partition coefficient (Wildman–Crippen LogP) is 4.13. The molecule has 15 heteroatoms. The molecular weight excluding hydrogens is 731 g/mol. The first-order valence-corrected chi connectivity index (χ1v) is 19.9. The highest BCUT2D eigenvalue weighted by atomic mass is 32.1. The van der Waals surface area contributed by atoms with Crippen molar-refractivity contribution in [3.05, 3.63) is 71.4 Å². The fourth-order valence-corrected chi connectivity index (χ4v) is 8.25. The van der Waals surface area contributed by atoms with E-state index in [0.29, 0.717) is 43.1 Å². The Kier molecular flexibility index (Phi) is 11.7. The van der Waals surface area contributed by atoms with E-state index in [1.165, 1.54) is 4.90 Å². The van der Waals surface area contributed by atoms with Gasteiger partial charge in [-0.05, 0) is 62.4 Å². The number of β-amino-alcohol motifs (C(OH)–C–C–N with tert-alkyl or cyclic N) is 1. The number of phenols is 1. The number of nitrogens with one attached hydrogen (secondary N) is 2. The van der Waals surface area contributed by atoms with Crippen LogP contribution < -0.4 is 21.3 Å². The molecule has 2 aromatic carbocycles. The van der Waals surface area contributed by atoms with Crippen molar-refractivity contribution in [2.75, 3.05) is 43.4 Å². The van der Waals surface area contributed by atoms with Crippen LogP contribution in [-0.4, -0.2) is 109 Å². The summed E-state index contributed by atoms with van der Waals surface area (Å²) in [7, 11) is 0. The molecule has 3 amide bonds. The molecule has 0 aliphatic carbocycles. The molecule has 6 rings (SSSR count). The number of aromatic hydroxyl groups is 1. The Hall–Kier alpha value is -5.12. The summed E-state index contributed by atoms with van der Waals surface area (Å²) in [6.07, 6.45) is -0.782. The Morgan fingerprint density at radius 1 is 0.964 bits per heavy atom. The largest absolute Gasteiger partial charge is 0.507 e. The topological polar surface area (TPSA) is 190 Å². The van der Waals surface area contributed by atoms with Gasteiger partial charge in [0.15, 0.2) is 5.82 Å². The molecule has 14 nitrogen and oxygen atoms in total. The number of carbonyl (C=O) groups is 3. The predicted molar refractivity (Wildman–Crippen MR) is 218 cm³/mol. The number of thiazole rings is 1. The van der Waals surface area contributed by atoms with E-state index in [-0.39, 0.29) is 42.4 Å². The van der Waals surface area contributed by atoms with Crippen molar-refractivity contribution in [2.24, 2.45) is 5.41 Å². The number of aliphatic hydroxyl groups excluding tert-OH is 1. The van der Waals surface area contributed by atoms with Crippen LogP contribution in [0.15, 0.2) is 60.1 Å². The van der Waals surface area contributed by atoms with Crippen molar-refractivity contribution in [2.45, 2.75) is 84.7 Å². The second-order valence-corrected chi connectivity index (χ2v) is 17.2. The minimum atomic E-state index is -0.996. The molecule has 4 aromatic rings. The second kappa shape index (κ2) is 16.2. The van der Waals surface area contributed by atoms with Gasteiger partial charge in [0.25, 0.3) is 0 Å². The van der Waals surface area contributed by atoms with Crippen molar-refractivity contribution in [1.29, 1.82) is 0 Å². The molecule has 6 N–H and O–H groups in total. The van der Waals surface area contributed by atoms with Gasteiger partial charge in [0.1, 0.15) is 17.8 Å². The van der Waals surface area contributed by atoms with Gasteiger partial charge in [-0.1, -0.05) is 57.2 Å². The van der Waals surface area contributed by atoms with Crippen LogP contribution in [0.4, 0.5) is 11.5 Å². The number of para-hydroxylation sites is 1. The first kappa shape index (κ1) is 40.5. The zero-order valence-electron chi connectivity index (χ0n) is 33.1. The van der Waals surface area contributed by atoms with Crippen LogP contribution in [0.5, 0.6) is 5.75 Å². The quantitative estimate of drug-likeness (QED) is 0.156. The number of piperazine rings is 1. The maximum atomic E-state index is 14.4. The third-order valence-corrected chi connectivity index (χ3v) is 12.0. The summed E-state index contributed by atoms with van der Waals surface area (Å²) in [6.45, 7) is 15.3. The minimum Gasteiger partial charge on any atom is -0.507 e. The number of phenolic OH excluding ortho intramolecular Hbond substituents is 1. The lowest BCUT2D eigenvalue weighted by atomic mass is 9.84. The fraction of sp³-hybridized carbons (Fsp3) is 0.463. The van der Waals surface area contributed by atoms with E-state index in [0.717, 1.165) is 21.7 Å². The molecule has 0 saturated carbocycles. The number of aryl methyl sites for hydroxylation is 1. The standard InChI is InChI=1S/C41H53N9O5S/c1-24(26-12-14-27(15-13-26)34-25(2)43-23-56-34)44-37(53)32-20-28(51)22-50(32)38(54)35(40(3,4)5)45-39(55)41(6,7)49-18-16-48(17-19-49)31-21-30(46-47-36(31)42)29-10-8-9-11-33(29)52/h8-15,21,23-24,28,32,35,51-52H,16-20,22H2,1-7H3,(H2,42,47)(H,44,53)(H,45,55)/t24-,28+,32-,35+/m0/s1. The fourth-order valence-electron chi connectivity index (χ4n) is 7.44. The van der Waals surface area contributed by atoms with Gasteiger partial charge in [0.2, 0.25) is 17.7 Å². The zero-order valence-corrected chi connectivity index (χ0v) is 33.9. The molecule has 56 heavy (non-hydrogen) atoms. The number of amides is 3. The molecule has 2 aliphatic heterocycles. The maximum Gasteiger partial charge on any atom is 0.246 e. The van der Waals surface area contributed by atoms with Crippen molar-refractivity contribution in [3.8, 4) is 27.4 Å². The van der Waals surface area contributed by atoms with Gasteiger partial charge in [-0.2, -0.15) is 0 Å². The Morgan fingerprint density at radius 3 is 2.27 bits per heavy atom. The van der Waals surface area contributed by atoms with Gasteiger partial charge in [0.05, 0.1) is 45.1 Å². The monoisotopic (exact) mass is 783 g/mol. The summed E-state index contributed by atoms with van der Waals surface area (Å²) in [4.78, 5) is 53.3. The average Bonchev–Trinajstić information content (AvgIpc) is 3.78. The van der Waals surface area contributed by atoms with Crippen LogP contribution >= 0.6 is 11.3 Å². The van der Waals surface area contributed by atoms with Gasteiger partial charge < -0.3 is 36.4 Å².